The first-order valence-electron chi connectivity index (χ1n) is 8.28. The maximum atomic E-state index is 12.9. The van der Waals surface area contributed by atoms with Crippen LogP contribution in [-0.2, 0) is 16.0 Å². The molecule has 0 saturated heterocycles. The number of methoxy groups -OCH3 is 3. The molecule has 2 rings (SSSR count). The largest absolute Gasteiger partial charge is 0.496 e. The second-order valence-corrected chi connectivity index (χ2v) is 5.62. The second-order valence-electron chi connectivity index (χ2n) is 5.62. The normalized spacial score (nSPS) is 10.4. The van der Waals surface area contributed by atoms with E-state index in [1.165, 1.54) is 57.7 Å². The zero-order chi connectivity index (χ0) is 20.5. The number of ether oxygens (including phenoxy) is 3. The topological polar surface area (TPSA) is 85.9 Å². The van der Waals surface area contributed by atoms with E-state index < -0.39 is 11.8 Å². The van der Waals surface area contributed by atoms with Crippen LogP contribution in [0.15, 0.2) is 42.5 Å². The molecule has 0 aliphatic heterocycles. The van der Waals surface area contributed by atoms with Crippen molar-refractivity contribution in [3.05, 3.63) is 59.4 Å². The standard InChI is InChI=1S/C20H21FN2O5/c1-26-16-12-18(28-3)17(27-2)11-14(16)6-9-19(24)22-23-20(25)10-13-4-7-15(21)8-5-13/h4-9,11-12H,10H2,1-3H3,(H,22,24)(H,23,25)/b9-6+. The number of amides is 2. The number of hydrogen-bond donors (Lipinski definition) is 2. The number of halogens is 1. The van der Waals surface area contributed by atoms with Crippen molar-refractivity contribution in [1.82, 2.24) is 10.9 Å². The van der Waals surface area contributed by atoms with Crippen LogP contribution >= 0.6 is 0 Å². The maximum Gasteiger partial charge on any atom is 0.262 e. The maximum absolute atomic E-state index is 12.9. The summed E-state index contributed by atoms with van der Waals surface area (Å²) in [6.07, 6.45) is 2.76. The number of benzene rings is 2. The molecule has 0 aliphatic rings. The molecule has 0 spiro atoms. The Bertz CT molecular complexity index is 866. The fraction of sp³-hybridized carbons (Fsp3) is 0.200. The number of hydrazine groups is 1. The Kier molecular flexibility index (Phi) is 7.38. The molecule has 2 aromatic carbocycles. The van der Waals surface area contributed by atoms with Gasteiger partial charge < -0.3 is 14.2 Å². The molecule has 0 bridgehead atoms. The Morgan fingerprint density at radius 1 is 0.929 bits per heavy atom. The zero-order valence-corrected chi connectivity index (χ0v) is 15.7. The van der Waals surface area contributed by atoms with Crippen molar-refractivity contribution in [2.75, 3.05) is 21.3 Å². The first-order chi connectivity index (χ1) is 13.5. The van der Waals surface area contributed by atoms with Crippen molar-refractivity contribution in [1.29, 1.82) is 0 Å². The molecule has 0 heterocycles. The van der Waals surface area contributed by atoms with Crippen LogP contribution in [0.1, 0.15) is 11.1 Å². The number of carbonyl (C=O) groups excluding carboxylic acids is 2. The van der Waals surface area contributed by atoms with Crippen LogP contribution in [0.4, 0.5) is 4.39 Å². The molecule has 0 unspecified atom stereocenters. The summed E-state index contributed by atoms with van der Waals surface area (Å²) in [6.45, 7) is 0. The molecule has 0 aliphatic carbocycles. The molecule has 7 nitrogen and oxygen atoms in total. The van der Waals surface area contributed by atoms with Gasteiger partial charge in [-0.1, -0.05) is 12.1 Å². The van der Waals surface area contributed by atoms with Crippen molar-refractivity contribution in [2.45, 2.75) is 6.42 Å². The zero-order valence-electron chi connectivity index (χ0n) is 15.7. The van der Waals surface area contributed by atoms with E-state index in [4.69, 9.17) is 14.2 Å². The monoisotopic (exact) mass is 388 g/mol. The summed E-state index contributed by atoms with van der Waals surface area (Å²) in [6, 6.07) is 8.83. The van der Waals surface area contributed by atoms with Gasteiger partial charge in [0, 0.05) is 17.7 Å². The highest BCUT2D eigenvalue weighted by molar-refractivity contribution is 5.93. The van der Waals surface area contributed by atoms with Crippen LogP contribution in [-0.4, -0.2) is 33.1 Å². The van der Waals surface area contributed by atoms with E-state index in [0.29, 0.717) is 28.4 Å². The lowest BCUT2D eigenvalue weighted by molar-refractivity contribution is -0.126. The van der Waals surface area contributed by atoms with Crippen LogP contribution < -0.4 is 25.1 Å². The minimum absolute atomic E-state index is 0.00771. The fourth-order valence-electron chi connectivity index (χ4n) is 2.35. The van der Waals surface area contributed by atoms with Gasteiger partial charge >= 0.3 is 0 Å². The summed E-state index contributed by atoms with van der Waals surface area (Å²) in [5.74, 6) is 0.113. The Balaban J connectivity index is 1.95. The van der Waals surface area contributed by atoms with E-state index in [1.807, 2.05) is 0 Å². The van der Waals surface area contributed by atoms with Crippen LogP contribution in [0.5, 0.6) is 17.2 Å². The van der Waals surface area contributed by atoms with Gasteiger partial charge in [0.1, 0.15) is 11.6 Å². The molecular weight excluding hydrogens is 367 g/mol. The van der Waals surface area contributed by atoms with E-state index in [9.17, 15) is 14.0 Å². The Morgan fingerprint density at radius 2 is 1.54 bits per heavy atom. The molecule has 148 valence electrons. The van der Waals surface area contributed by atoms with E-state index >= 15 is 0 Å². The third-order valence-electron chi connectivity index (χ3n) is 3.75. The molecule has 0 saturated carbocycles. The summed E-state index contributed by atoms with van der Waals surface area (Å²) in [5.41, 5.74) is 5.78. The summed E-state index contributed by atoms with van der Waals surface area (Å²) >= 11 is 0. The van der Waals surface area contributed by atoms with Crippen molar-refractivity contribution < 1.29 is 28.2 Å². The lowest BCUT2D eigenvalue weighted by Gasteiger charge is -2.12. The molecule has 28 heavy (non-hydrogen) atoms. The van der Waals surface area contributed by atoms with Gasteiger partial charge in [-0.15, -0.1) is 0 Å². The smallest absolute Gasteiger partial charge is 0.262 e. The Morgan fingerprint density at radius 3 is 2.14 bits per heavy atom. The van der Waals surface area contributed by atoms with Crippen molar-refractivity contribution >= 4 is 17.9 Å². The summed E-state index contributed by atoms with van der Waals surface area (Å²) < 4.78 is 28.6. The van der Waals surface area contributed by atoms with Crippen LogP contribution in [0.25, 0.3) is 6.08 Å². The van der Waals surface area contributed by atoms with Crippen molar-refractivity contribution in [3.63, 3.8) is 0 Å². The molecule has 0 fully saturated rings. The SMILES string of the molecule is COc1cc(OC)c(OC)cc1/C=C/C(=O)NNC(=O)Cc1ccc(F)cc1. The quantitative estimate of drug-likeness (QED) is 0.561. The van der Waals surface area contributed by atoms with Gasteiger partial charge in [-0.3, -0.25) is 20.4 Å². The van der Waals surface area contributed by atoms with Gasteiger partial charge in [0.2, 0.25) is 5.91 Å². The third-order valence-corrected chi connectivity index (χ3v) is 3.75. The molecular formula is C20H21FN2O5. The van der Waals surface area contributed by atoms with Gasteiger partial charge in [-0.05, 0) is 29.8 Å². The average Bonchev–Trinajstić information content (AvgIpc) is 2.71. The van der Waals surface area contributed by atoms with E-state index in [2.05, 4.69) is 10.9 Å². The highest BCUT2D eigenvalue weighted by Crippen LogP contribution is 2.35. The predicted molar refractivity (Wildman–Crippen MR) is 102 cm³/mol. The van der Waals surface area contributed by atoms with E-state index in [-0.39, 0.29) is 12.2 Å². The Hall–Kier alpha value is -3.55. The molecule has 2 amide bonds. The first-order valence-corrected chi connectivity index (χ1v) is 8.28. The third kappa shape index (κ3) is 5.73. The number of carbonyl (C=O) groups is 2. The first kappa shape index (κ1) is 20.8. The highest BCUT2D eigenvalue weighted by Gasteiger charge is 2.10. The van der Waals surface area contributed by atoms with Crippen LogP contribution in [0, 0.1) is 5.82 Å². The highest BCUT2D eigenvalue weighted by atomic mass is 19.1. The average molecular weight is 388 g/mol. The van der Waals surface area contributed by atoms with Crippen LogP contribution in [0.3, 0.4) is 0 Å². The fourth-order valence-corrected chi connectivity index (χ4v) is 2.35. The van der Waals surface area contributed by atoms with Gasteiger partial charge in [0.05, 0.1) is 27.8 Å². The number of rotatable bonds is 7. The Labute approximate surface area is 162 Å². The van der Waals surface area contributed by atoms with Gasteiger partial charge in [-0.2, -0.15) is 0 Å². The minimum Gasteiger partial charge on any atom is -0.496 e. The number of nitrogens with one attached hydrogen (secondary N) is 2. The van der Waals surface area contributed by atoms with E-state index in [0.717, 1.165) is 0 Å². The second kappa shape index (κ2) is 9.96. The number of hydrogen-bond acceptors (Lipinski definition) is 5. The van der Waals surface area contributed by atoms with Crippen molar-refractivity contribution in [3.8, 4) is 17.2 Å². The van der Waals surface area contributed by atoms with E-state index in [1.54, 1.807) is 12.1 Å². The predicted octanol–water partition coefficient (Wildman–Crippen LogP) is 2.25. The summed E-state index contributed by atoms with van der Waals surface area (Å²) in [4.78, 5) is 23.8. The molecule has 0 atom stereocenters. The summed E-state index contributed by atoms with van der Waals surface area (Å²) in [5, 5.41) is 0. The molecule has 2 N–H and O–H groups in total. The lowest BCUT2D eigenvalue weighted by atomic mass is 10.1. The van der Waals surface area contributed by atoms with Gasteiger partial charge in [0.15, 0.2) is 11.5 Å². The molecule has 0 aromatic heterocycles. The molecule has 2 aromatic rings. The van der Waals surface area contributed by atoms with Crippen LogP contribution in [0.2, 0.25) is 0 Å². The lowest BCUT2D eigenvalue weighted by Crippen LogP contribution is -2.41. The van der Waals surface area contributed by atoms with Crippen molar-refractivity contribution in [2.24, 2.45) is 0 Å². The van der Waals surface area contributed by atoms with Gasteiger partial charge in [-0.25, -0.2) is 4.39 Å². The molecule has 0 radical (unpaired) electrons. The molecule has 8 heteroatoms. The minimum atomic E-state index is -0.538. The summed E-state index contributed by atoms with van der Waals surface area (Å²) in [7, 11) is 4.50. The van der Waals surface area contributed by atoms with Gasteiger partial charge in [0.25, 0.3) is 5.91 Å².